The standard InChI is InChI=1S/C14H15BrN2O3/c1-14(2,3)16-11(18)7-17-10-6-8(15)4-5-9(10)12(19)13(17)20/h4-6H,7H2,1-3H3,(H,16,18). The van der Waals surface area contributed by atoms with Crippen LogP contribution in [0, 0.1) is 0 Å². The van der Waals surface area contributed by atoms with Crippen molar-refractivity contribution in [3.63, 3.8) is 0 Å². The molecule has 0 fully saturated rings. The number of anilines is 1. The molecular formula is C14H15BrN2O3. The highest BCUT2D eigenvalue weighted by Crippen LogP contribution is 2.31. The van der Waals surface area contributed by atoms with E-state index in [9.17, 15) is 14.4 Å². The fourth-order valence-electron chi connectivity index (χ4n) is 2.03. The third-order valence-electron chi connectivity index (χ3n) is 2.75. The summed E-state index contributed by atoms with van der Waals surface area (Å²) < 4.78 is 0.750. The molecule has 0 unspecified atom stereocenters. The lowest BCUT2D eigenvalue weighted by Gasteiger charge is -2.23. The number of rotatable bonds is 2. The van der Waals surface area contributed by atoms with Crippen LogP contribution in [0.5, 0.6) is 0 Å². The van der Waals surface area contributed by atoms with Crippen LogP contribution < -0.4 is 10.2 Å². The van der Waals surface area contributed by atoms with E-state index >= 15 is 0 Å². The van der Waals surface area contributed by atoms with E-state index in [-0.39, 0.29) is 18.0 Å². The minimum absolute atomic E-state index is 0.161. The highest BCUT2D eigenvalue weighted by atomic mass is 79.9. The van der Waals surface area contributed by atoms with Crippen molar-refractivity contribution in [2.75, 3.05) is 11.4 Å². The number of nitrogens with one attached hydrogen (secondary N) is 1. The molecule has 1 aliphatic rings. The Morgan fingerprint density at radius 3 is 2.55 bits per heavy atom. The van der Waals surface area contributed by atoms with E-state index in [2.05, 4.69) is 21.2 Å². The number of amides is 2. The van der Waals surface area contributed by atoms with Crippen molar-refractivity contribution >= 4 is 39.2 Å². The topological polar surface area (TPSA) is 66.5 Å². The minimum Gasteiger partial charge on any atom is -0.350 e. The Kier molecular flexibility index (Phi) is 3.69. The van der Waals surface area contributed by atoms with Gasteiger partial charge < -0.3 is 5.32 Å². The fraction of sp³-hybridized carbons (Fsp3) is 0.357. The summed E-state index contributed by atoms with van der Waals surface area (Å²) in [4.78, 5) is 36.9. The smallest absolute Gasteiger partial charge is 0.299 e. The third-order valence-corrected chi connectivity index (χ3v) is 3.24. The summed E-state index contributed by atoms with van der Waals surface area (Å²) in [5.41, 5.74) is 0.421. The molecule has 20 heavy (non-hydrogen) atoms. The second kappa shape index (κ2) is 5.01. The monoisotopic (exact) mass is 338 g/mol. The van der Waals surface area contributed by atoms with Crippen molar-refractivity contribution in [2.45, 2.75) is 26.3 Å². The van der Waals surface area contributed by atoms with Gasteiger partial charge in [0.15, 0.2) is 0 Å². The lowest BCUT2D eigenvalue weighted by molar-refractivity contribution is -0.123. The molecule has 2 rings (SSSR count). The quantitative estimate of drug-likeness (QED) is 0.837. The molecule has 6 heteroatoms. The largest absolute Gasteiger partial charge is 0.350 e. The molecule has 2 amide bonds. The van der Waals surface area contributed by atoms with Gasteiger partial charge in [-0.15, -0.1) is 0 Å². The number of hydrogen-bond donors (Lipinski definition) is 1. The summed E-state index contributed by atoms with van der Waals surface area (Å²) in [5, 5.41) is 2.77. The first kappa shape index (κ1) is 14.7. The van der Waals surface area contributed by atoms with Crippen LogP contribution in [-0.2, 0) is 9.59 Å². The summed E-state index contributed by atoms with van der Waals surface area (Å²) in [5.74, 6) is -1.54. The zero-order valence-corrected chi connectivity index (χ0v) is 13.1. The highest BCUT2D eigenvalue weighted by molar-refractivity contribution is 9.10. The van der Waals surface area contributed by atoms with Crippen LogP contribution in [0.4, 0.5) is 5.69 Å². The molecule has 1 heterocycles. The first-order valence-electron chi connectivity index (χ1n) is 6.16. The first-order valence-corrected chi connectivity index (χ1v) is 6.95. The van der Waals surface area contributed by atoms with Gasteiger partial charge >= 0.3 is 0 Å². The number of fused-ring (bicyclic) bond motifs is 1. The molecule has 0 saturated heterocycles. The van der Waals surface area contributed by atoms with E-state index < -0.39 is 11.7 Å². The number of nitrogens with zero attached hydrogens (tertiary/aromatic N) is 1. The van der Waals surface area contributed by atoms with Crippen LogP contribution >= 0.6 is 15.9 Å². The van der Waals surface area contributed by atoms with Gasteiger partial charge in [-0.2, -0.15) is 0 Å². The number of hydrogen-bond acceptors (Lipinski definition) is 3. The molecule has 0 aromatic heterocycles. The van der Waals surface area contributed by atoms with Gasteiger partial charge in [-0.05, 0) is 39.0 Å². The summed E-state index contributed by atoms with van der Waals surface area (Å²) in [6.45, 7) is 5.40. The molecule has 1 aliphatic heterocycles. The second-order valence-electron chi connectivity index (χ2n) is 5.68. The lowest BCUT2D eigenvalue weighted by atomic mass is 10.1. The molecule has 0 aliphatic carbocycles. The predicted octanol–water partition coefficient (Wildman–Crippen LogP) is 1.89. The zero-order valence-electron chi connectivity index (χ0n) is 11.5. The van der Waals surface area contributed by atoms with E-state index in [1.807, 2.05) is 20.8 Å². The van der Waals surface area contributed by atoms with Gasteiger partial charge in [-0.25, -0.2) is 0 Å². The molecule has 0 saturated carbocycles. The maximum Gasteiger partial charge on any atom is 0.299 e. The SMILES string of the molecule is CC(C)(C)NC(=O)CN1C(=O)C(=O)c2ccc(Br)cc21. The van der Waals surface area contributed by atoms with Gasteiger partial charge in [-0.3, -0.25) is 19.3 Å². The summed E-state index contributed by atoms with van der Waals surface area (Å²) in [6.07, 6.45) is 0. The van der Waals surface area contributed by atoms with E-state index in [4.69, 9.17) is 0 Å². The van der Waals surface area contributed by atoms with E-state index in [1.54, 1.807) is 18.2 Å². The van der Waals surface area contributed by atoms with Crippen LogP contribution in [0.2, 0.25) is 0 Å². The van der Waals surface area contributed by atoms with Crippen molar-refractivity contribution in [3.8, 4) is 0 Å². The van der Waals surface area contributed by atoms with Crippen molar-refractivity contribution in [2.24, 2.45) is 0 Å². The molecule has 0 bridgehead atoms. The van der Waals surface area contributed by atoms with Gasteiger partial charge in [0.2, 0.25) is 5.91 Å². The van der Waals surface area contributed by atoms with Crippen molar-refractivity contribution in [1.29, 1.82) is 0 Å². The summed E-state index contributed by atoms with van der Waals surface area (Å²) in [6, 6.07) is 4.95. The number of ketones is 1. The average molecular weight is 339 g/mol. The zero-order chi connectivity index (χ0) is 15.1. The molecule has 1 aromatic carbocycles. The normalized spacial score (nSPS) is 14.5. The predicted molar refractivity (Wildman–Crippen MR) is 78.7 cm³/mol. The van der Waals surface area contributed by atoms with E-state index in [0.717, 1.165) is 4.47 Å². The molecule has 1 N–H and O–H groups in total. The fourth-order valence-corrected chi connectivity index (χ4v) is 2.37. The van der Waals surface area contributed by atoms with Gasteiger partial charge in [0.1, 0.15) is 6.54 Å². The van der Waals surface area contributed by atoms with Crippen LogP contribution in [-0.4, -0.2) is 29.7 Å². The Bertz CT molecular complexity index is 605. The molecule has 5 nitrogen and oxygen atoms in total. The third kappa shape index (κ3) is 2.90. The Labute approximate surface area is 125 Å². The van der Waals surface area contributed by atoms with Crippen molar-refractivity contribution < 1.29 is 14.4 Å². The van der Waals surface area contributed by atoms with E-state index in [0.29, 0.717) is 11.3 Å². The van der Waals surface area contributed by atoms with Crippen LogP contribution in [0.25, 0.3) is 0 Å². The van der Waals surface area contributed by atoms with E-state index in [1.165, 1.54) is 4.90 Å². The van der Waals surface area contributed by atoms with Gasteiger partial charge in [0, 0.05) is 10.0 Å². The molecule has 1 aromatic rings. The molecular weight excluding hydrogens is 324 g/mol. The maximum absolute atomic E-state index is 12.0. The number of halogens is 1. The van der Waals surface area contributed by atoms with Crippen molar-refractivity contribution in [1.82, 2.24) is 5.32 Å². The first-order chi connectivity index (χ1) is 9.19. The highest BCUT2D eigenvalue weighted by Gasteiger charge is 2.37. The molecule has 0 spiro atoms. The average Bonchev–Trinajstić information content (AvgIpc) is 2.52. The number of Topliss-reactive ketones (excluding diaryl/α,β-unsaturated/α-hetero) is 1. The minimum atomic E-state index is -0.665. The molecule has 0 radical (unpaired) electrons. The lowest BCUT2D eigenvalue weighted by Crippen LogP contribution is -2.47. The van der Waals surface area contributed by atoms with Crippen molar-refractivity contribution in [3.05, 3.63) is 28.2 Å². The Hall–Kier alpha value is -1.69. The second-order valence-corrected chi connectivity index (χ2v) is 6.60. The number of carbonyl (C=O) groups excluding carboxylic acids is 3. The van der Waals surface area contributed by atoms with Gasteiger partial charge in [0.05, 0.1) is 11.3 Å². The molecule has 0 atom stereocenters. The Morgan fingerprint density at radius 1 is 1.30 bits per heavy atom. The number of benzene rings is 1. The van der Waals surface area contributed by atoms with Crippen LogP contribution in [0.3, 0.4) is 0 Å². The van der Waals surface area contributed by atoms with Gasteiger partial charge in [0.25, 0.3) is 11.7 Å². The van der Waals surface area contributed by atoms with Crippen LogP contribution in [0.1, 0.15) is 31.1 Å². The Balaban J connectivity index is 2.26. The van der Waals surface area contributed by atoms with Crippen LogP contribution in [0.15, 0.2) is 22.7 Å². The Morgan fingerprint density at radius 2 is 1.95 bits per heavy atom. The summed E-state index contributed by atoms with van der Waals surface area (Å²) in [7, 11) is 0. The maximum atomic E-state index is 12.0. The summed E-state index contributed by atoms with van der Waals surface area (Å²) >= 11 is 3.30. The molecule has 106 valence electrons. The number of carbonyl (C=O) groups is 3. The van der Waals surface area contributed by atoms with Gasteiger partial charge in [-0.1, -0.05) is 15.9 Å².